The minimum Gasteiger partial charge on any atom is -0.478 e. The lowest BCUT2D eigenvalue weighted by Gasteiger charge is -2.29. The molecule has 2 aliphatic rings. The Balaban J connectivity index is 1.90. The second-order valence-corrected chi connectivity index (χ2v) is 5.07. The molecule has 1 aliphatic carbocycles. The highest BCUT2D eigenvalue weighted by atomic mass is 16.4. The number of aromatic nitrogens is 1. The molecule has 2 bridgehead atoms. The fourth-order valence-corrected chi connectivity index (χ4v) is 3.12. The number of nitrogens with zero attached hydrogens (tertiary/aromatic N) is 2. The van der Waals surface area contributed by atoms with Gasteiger partial charge in [-0.05, 0) is 43.4 Å². The van der Waals surface area contributed by atoms with Gasteiger partial charge in [0.2, 0.25) is 0 Å². The highest BCUT2D eigenvalue weighted by Crippen LogP contribution is 2.40. The molecule has 0 amide bonds. The predicted molar refractivity (Wildman–Crippen MR) is 69.4 cm³/mol. The van der Waals surface area contributed by atoms with Gasteiger partial charge in [0.1, 0.15) is 5.82 Å². The van der Waals surface area contributed by atoms with Gasteiger partial charge in [-0.3, -0.25) is 0 Å². The van der Waals surface area contributed by atoms with Gasteiger partial charge in [-0.25, -0.2) is 9.78 Å². The minimum absolute atomic E-state index is 0.599. The van der Waals surface area contributed by atoms with E-state index in [1.165, 1.54) is 25.3 Å². The van der Waals surface area contributed by atoms with E-state index >= 15 is 0 Å². The van der Waals surface area contributed by atoms with E-state index in [9.17, 15) is 4.79 Å². The van der Waals surface area contributed by atoms with Gasteiger partial charge in [-0.2, -0.15) is 0 Å². The van der Waals surface area contributed by atoms with Crippen molar-refractivity contribution in [3.63, 3.8) is 0 Å². The molecular formula is C14H16N2O2. The van der Waals surface area contributed by atoms with Crippen LogP contribution < -0.4 is 4.90 Å². The first kappa shape index (κ1) is 11.3. The van der Waals surface area contributed by atoms with E-state index < -0.39 is 5.97 Å². The molecule has 4 nitrogen and oxygen atoms in total. The fraction of sp³-hybridized carbons (Fsp3) is 0.429. The maximum absolute atomic E-state index is 10.6. The van der Waals surface area contributed by atoms with Crippen molar-refractivity contribution in [2.24, 2.45) is 5.92 Å². The second kappa shape index (κ2) is 4.44. The molecule has 1 aromatic rings. The summed E-state index contributed by atoms with van der Waals surface area (Å²) in [6.07, 6.45) is 8.42. The van der Waals surface area contributed by atoms with E-state index in [4.69, 9.17) is 5.11 Å². The fourth-order valence-electron chi connectivity index (χ4n) is 3.12. The first-order valence-electron chi connectivity index (χ1n) is 6.36. The third kappa shape index (κ3) is 1.98. The number of hydrogen-bond donors (Lipinski definition) is 1. The Bertz CT molecular complexity index is 498. The third-order valence-corrected chi connectivity index (χ3v) is 3.90. The van der Waals surface area contributed by atoms with Crippen molar-refractivity contribution in [1.29, 1.82) is 0 Å². The molecule has 1 saturated heterocycles. The van der Waals surface area contributed by atoms with Crippen molar-refractivity contribution in [3.8, 4) is 0 Å². The highest BCUT2D eigenvalue weighted by molar-refractivity contribution is 5.86. The van der Waals surface area contributed by atoms with Crippen molar-refractivity contribution in [2.75, 3.05) is 11.4 Å². The summed E-state index contributed by atoms with van der Waals surface area (Å²) >= 11 is 0. The van der Waals surface area contributed by atoms with Crippen molar-refractivity contribution < 1.29 is 9.90 Å². The molecule has 18 heavy (non-hydrogen) atoms. The lowest BCUT2D eigenvalue weighted by Crippen LogP contribution is -2.33. The molecule has 94 valence electrons. The molecule has 3 rings (SSSR count). The van der Waals surface area contributed by atoms with Crippen LogP contribution in [-0.2, 0) is 4.79 Å². The van der Waals surface area contributed by atoms with Gasteiger partial charge in [0.05, 0.1) is 0 Å². The summed E-state index contributed by atoms with van der Waals surface area (Å²) in [7, 11) is 0. The number of fused-ring (bicyclic) bond motifs is 2. The molecule has 2 atom stereocenters. The zero-order valence-corrected chi connectivity index (χ0v) is 10.1. The summed E-state index contributed by atoms with van der Waals surface area (Å²) in [4.78, 5) is 17.4. The molecular weight excluding hydrogens is 228 g/mol. The van der Waals surface area contributed by atoms with Gasteiger partial charge in [-0.15, -0.1) is 0 Å². The Morgan fingerprint density at radius 2 is 2.39 bits per heavy atom. The molecule has 2 unspecified atom stereocenters. The second-order valence-electron chi connectivity index (χ2n) is 5.07. The van der Waals surface area contributed by atoms with Crippen LogP contribution in [0.3, 0.4) is 0 Å². The van der Waals surface area contributed by atoms with Crippen LogP contribution >= 0.6 is 0 Å². The Labute approximate surface area is 106 Å². The third-order valence-electron chi connectivity index (χ3n) is 3.90. The standard InChI is InChI=1S/C14H16N2O2/c17-13(18)6-4-11-2-1-7-15-14(11)16-9-10-3-5-12(16)8-10/h1-2,4,6-7,10,12H,3,5,8-9H2,(H,17,18)/b6-4+. The van der Waals surface area contributed by atoms with E-state index in [2.05, 4.69) is 9.88 Å². The topological polar surface area (TPSA) is 53.4 Å². The molecule has 1 aliphatic heterocycles. The molecule has 0 aromatic carbocycles. The highest BCUT2D eigenvalue weighted by Gasteiger charge is 2.38. The first-order chi connectivity index (χ1) is 8.74. The number of carboxylic acid groups (broad SMARTS) is 1. The van der Waals surface area contributed by atoms with Crippen molar-refractivity contribution in [2.45, 2.75) is 25.3 Å². The van der Waals surface area contributed by atoms with E-state index in [0.717, 1.165) is 23.8 Å². The van der Waals surface area contributed by atoms with Crippen LogP contribution in [0.5, 0.6) is 0 Å². The largest absolute Gasteiger partial charge is 0.478 e. The number of pyridine rings is 1. The van der Waals surface area contributed by atoms with Crippen molar-refractivity contribution in [3.05, 3.63) is 30.0 Å². The van der Waals surface area contributed by atoms with Crippen LogP contribution in [0.4, 0.5) is 5.82 Å². The maximum atomic E-state index is 10.6. The Kier molecular flexibility index (Phi) is 2.78. The molecule has 0 radical (unpaired) electrons. The lowest BCUT2D eigenvalue weighted by molar-refractivity contribution is -0.131. The number of aliphatic carboxylic acids is 1. The zero-order valence-electron chi connectivity index (χ0n) is 10.1. The zero-order chi connectivity index (χ0) is 12.5. The Morgan fingerprint density at radius 3 is 3.06 bits per heavy atom. The molecule has 1 N–H and O–H groups in total. The van der Waals surface area contributed by atoms with Gasteiger partial charge in [0, 0.05) is 30.4 Å². The Morgan fingerprint density at radius 1 is 1.50 bits per heavy atom. The van der Waals surface area contributed by atoms with E-state index in [1.807, 2.05) is 12.1 Å². The molecule has 4 heteroatoms. The van der Waals surface area contributed by atoms with Gasteiger partial charge < -0.3 is 10.0 Å². The summed E-state index contributed by atoms with van der Waals surface area (Å²) in [5, 5.41) is 8.72. The van der Waals surface area contributed by atoms with E-state index in [1.54, 1.807) is 12.3 Å². The van der Waals surface area contributed by atoms with Crippen LogP contribution in [0.2, 0.25) is 0 Å². The van der Waals surface area contributed by atoms with Gasteiger partial charge in [0.25, 0.3) is 0 Å². The minimum atomic E-state index is -0.923. The predicted octanol–water partition coefficient (Wildman–Crippen LogP) is 2.17. The van der Waals surface area contributed by atoms with Crippen LogP contribution in [-0.4, -0.2) is 28.6 Å². The quantitative estimate of drug-likeness (QED) is 0.828. The van der Waals surface area contributed by atoms with Crippen LogP contribution in [0, 0.1) is 5.92 Å². The molecule has 1 aromatic heterocycles. The summed E-state index contributed by atoms with van der Waals surface area (Å²) in [6, 6.07) is 4.37. The summed E-state index contributed by atoms with van der Waals surface area (Å²) < 4.78 is 0. The van der Waals surface area contributed by atoms with E-state index in [-0.39, 0.29) is 0 Å². The van der Waals surface area contributed by atoms with Crippen LogP contribution in [0.1, 0.15) is 24.8 Å². The van der Waals surface area contributed by atoms with E-state index in [0.29, 0.717) is 6.04 Å². The smallest absolute Gasteiger partial charge is 0.328 e. The number of anilines is 1. The molecule has 0 spiro atoms. The normalized spacial score (nSPS) is 26.1. The summed E-state index contributed by atoms with van der Waals surface area (Å²) in [5.41, 5.74) is 0.896. The Hall–Kier alpha value is -1.84. The average molecular weight is 244 g/mol. The lowest BCUT2D eigenvalue weighted by atomic mass is 10.1. The molecule has 2 fully saturated rings. The van der Waals surface area contributed by atoms with Crippen LogP contribution in [0.25, 0.3) is 6.08 Å². The van der Waals surface area contributed by atoms with Gasteiger partial charge >= 0.3 is 5.97 Å². The number of rotatable bonds is 3. The summed E-state index contributed by atoms with van der Waals surface area (Å²) in [5.74, 6) is 0.809. The van der Waals surface area contributed by atoms with Gasteiger partial charge in [-0.1, -0.05) is 0 Å². The van der Waals surface area contributed by atoms with Crippen LogP contribution in [0.15, 0.2) is 24.4 Å². The van der Waals surface area contributed by atoms with Crippen molar-refractivity contribution >= 4 is 17.9 Å². The number of piperidine rings is 1. The first-order valence-corrected chi connectivity index (χ1v) is 6.36. The number of hydrogen-bond acceptors (Lipinski definition) is 3. The monoisotopic (exact) mass is 244 g/mol. The molecule has 1 saturated carbocycles. The average Bonchev–Trinajstić information content (AvgIpc) is 2.99. The molecule has 2 heterocycles. The van der Waals surface area contributed by atoms with Gasteiger partial charge in [0.15, 0.2) is 0 Å². The SMILES string of the molecule is O=C(O)/C=C/c1cccnc1N1CC2CCC1C2. The number of carbonyl (C=O) groups is 1. The number of carboxylic acids is 1. The van der Waals surface area contributed by atoms with Crippen molar-refractivity contribution in [1.82, 2.24) is 4.98 Å². The summed E-state index contributed by atoms with van der Waals surface area (Å²) in [6.45, 7) is 1.07. The maximum Gasteiger partial charge on any atom is 0.328 e.